The monoisotopic (exact) mass is 314 g/mol. The van der Waals surface area contributed by atoms with Gasteiger partial charge in [-0.1, -0.05) is 36.7 Å². The first kappa shape index (κ1) is 14.1. The number of thiocarbonyl (C=S) groups is 1. The summed E-state index contributed by atoms with van der Waals surface area (Å²) in [6.07, 6.45) is 0. The van der Waals surface area contributed by atoms with Gasteiger partial charge in [0, 0.05) is 15.6 Å². The molecule has 5 heteroatoms. The van der Waals surface area contributed by atoms with Crippen molar-refractivity contribution >= 4 is 44.9 Å². The fourth-order valence-electron chi connectivity index (χ4n) is 0.986. The Kier molecular flexibility index (Phi) is 4.65. The highest BCUT2D eigenvalue weighted by Gasteiger charge is 2.21. The molecule has 0 unspecified atom stereocenters. The lowest BCUT2D eigenvalue weighted by Gasteiger charge is -2.18. The quantitative estimate of drug-likeness (QED) is 0.781. The van der Waals surface area contributed by atoms with E-state index in [0.717, 1.165) is 10.2 Å². The summed E-state index contributed by atoms with van der Waals surface area (Å²) in [5.74, 6) is -0.105. The Morgan fingerprint density at radius 2 is 1.76 bits per heavy atom. The average molecular weight is 315 g/mol. The number of anilines is 1. The van der Waals surface area contributed by atoms with Gasteiger partial charge in [-0.2, -0.15) is 0 Å². The zero-order valence-electron chi connectivity index (χ0n) is 10.0. The minimum Gasteiger partial charge on any atom is -0.332 e. The minimum absolute atomic E-state index is 0.105. The average Bonchev–Trinajstić information content (AvgIpc) is 2.20. The Morgan fingerprint density at radius 1 is 1.24 bits per heavy atom. The second kappa shape index (κ2) is 5.60. The highest BCUT2D eigenvalue weighted by atomic mass is 79.9. The van der Waals surface area contributed by atoms with Gasteiger partial charge in [0.2, 0.25) is 5.91 Å². The van der Waals surface area contributed by atoms with Crippen LogP contribution in [0.4, 0.5) is 5.69 Å². The van der Waals surface area contributed by atoms with Crippen LogP contribution in [-0.2, 0) is 4.79 Å². The van der Waals surface area contributed by atoms with Crippen molar-refractivity contribution in [1.82, 2.24) is 5.32 Å². The molecule has 17 heavy (non-hydrogen) atoms. The van der Waals surface area contributed by atoms with Gasteiger partial charge in [-0.15, -0.1) is 0 Å². The fourth-order valence-corrected chi connectivity index (χ4v) is 1.46. The maximum absolute atomic E-state index is 11.7. The van der Waals surface area contributed by atoms with Crippen LogP contribution >= 0.6 is 28.1 Å². The molecule has 0 radical (unpaired) electrons. The lowest BCUT2D eigenvalue weighted by molar-refractivity contribution is -0.126. The molecule has 3 nitrogen and oxygen atoms in total. The number of carbonyl (C=O) groups excluding carboxylic acids is 1. The molecule has 0 atom stereocenters. The van der Waals surface area contributed by atoms with Crippen LogP contribution in [0.25, 0.3) is 0 Å². The third-order valence-corrected chi connectivity index (χ3v) is 2.74. The molecule has 0 aliphatic heterocycles. The number of hydrogen-bond acceptors (Lipinski definition) is 2. The second-order valence-electron chi connectivity index (χ2n) is 4.67. The van der Waals surface area contributed by atoms with E-state index in [0.29, 0.717) is 5.11 Å². The molecule has 2 N–H and O–H groups in total. The molecule has 1 rings (SSSR count). The molecule has 1 aromatic carbocycles. The third kappa shape index (κ3) is 4.83. The van der Waals surface area contributed by atoms with E-state index in [1.807, 2.05) is 45.0 Å². The molecule has 0 fully saturated rings. The standard InChI is InChI=1S/C12H15BrN2OS/c1-12(2,3)10(16)15-11(17)14-9-6-4-8(13)5-7-9/h4-7H,1-3H3,(H2,14,15,16,17). The summed E-state index contributed by atoms with van der Waals surface area (Å²) in [5.41, 5.74) is 0.387. The smallest absolute Gasteiger partial charge is 0.231 e. The van der Waals surface area contributed by atoms with E-state index in [-0.39, 0.29) is 5.91 Å². The van der Waals surface area contributed by atoms with Crippen molar-refractivity contribution < 1.29 is 4.79 Å². The van der Waals surface area contributed by atoms with Crippen molar-refractivity contribution in [1.29, 1.82) is 0 Å². The van der Waals surface area contributed by atoms with Gasteiger partial charge >= 0.3 is 0 Å². The molecule has 0 aliphatic carbocycles. The van der Waals surface area contributed by atoms with E-state index in [1.54, 1.807) is 0 Å². The molecular formula is C12H15BrN2OS. The van der Waals surface area contributed by atoms with Crippen molar-refractivity contribution in [2.24, 2.45) is 5.41 Å². The number of benzene rings is 1. The molecule has 0 aromatic heterocycles. The zero-order chi connectivity index (χ0) is 13.1. The summed E-state index contributed by atoms with van der Waals surface area (Å²) in [5, 5.41) is 5.92. The van der Waals surface area contributed by atoms with Gasteiger partial charge in [0.15, 0.2) is 5.11 Å². The summed E-state index contributed by atoms with van der Waals surface area (Å²) < 4.78 is 0.993. The van der Waals surface area contributed by atoms with Crippen LogP contribution in [0.15, 0.2) is 28.7 Å². The van der Waals surface area contributed by atoms with Crippen LogP contribution in [0.3, 0.4) is 0 Å². The molecule has 0 bridgehead atoms. The summed E-state index contributed by atoms with van der Waals surface area (Å²) in [7, 11) is 0. The summed E-state index contributed by atoms with van der Waals surface area (Å²) in [6, 6.07) is 7.55. The van der Waals surface area contributed by atoms with Gasteiger partial charge in [0.1, 0.15) is 0 Å². The van der Waals surface area contributed by atoms with E-state index in [9.17, 15) is 4.79 Å². The lowest BCUT2D eigenvalue weighted by atomic mass is 9.96. The van der Waals surface area contributed by atoms with Crippen LogP contribution in [-0.4, -0.2) is 11.0 Å². The van der Waals surface area contributed by atoms with Crippen LogP contribution in [0.5, 0.6) is 0 Å². The van der Waals surface area contributed by atoms with Crippen LogP contribution in [0.2, 0.25) is 0 Å². The summed E-state index contributed by atoms with van der Waals surface area (Å²) in [4.78, 5) is 11.7. The topological polar surface area (TPSA) is 41.1 Å². The predicted molar refractivity (Wildman–Crippen MR) is 78.0 cm³/mol. The number of nitrogens with one attached hydrogen (secondary N) is 2. The van der Waals surface area contributed by atoms with Gasteiger partial charge in [-0.3, -0.25) is 4.79 Å². The fraction of sp³-hybridized carbons (Fsp3) is 0.333. The third-order valence-electron chi connectivity index (χ3n) is 2.01. The summed E-state index contributed by atoms with van der Waals surface area (Å²) >= 11 is 8.41. The first-order valence-corrected chi connectivity index (χ1v) is 6.37. The van der Waals surface area contributed by atoms with Gasteiger partial charge in [-0.05, 0) is 36.5 Å². The molecule has 1 amide bonds. The van der Waals surface area contributed by atoms with E-state index >= 15 is 0 Å². The Bertz CT molecular complexity index is 423. The first-order valence-electron chi connectivity index (χ1n) is 5.17. The van der Waals surface area contributed by atoms with Crippen LogP contribution < -0.4 is 10.6 Å². The molecular weight excluding hydrogens is 300 g/mol. The Balaban J connectivity index is 2.56. The molecule has 1 aromatic rings. The van der Waals surface area contributed by atoms with Crippen molar-refractivity contribution in [3.05, 3.63) is 28.7 Å². The number of amides is 1. The predicted octanol–water partition coefficient (Wildman–Crippen LogP) is 3.31. The number of rotatable bonds is 1. The molecule has 0 saturated heterocycles. The van der Waals surface area contributed by atoms with E-state index in [1.165, 1.54) is 0 Å². The maximum Gasteiger partial charge on any atom is 0.231 e. The first-order chi connectivity index (χ1) is 7.79. The highest BCUT2D eigenvalue weighted by Crippen LogP contribution is 2.15. The van der Waals surface area contributed by atoms with Gasteiger partial charge in [0.05, 0.1) is 0 Å². The lowest BCUT2D eigenvalue weighted by Crippen LogP contribution is -2.41. The molecule has 0 aliphatic rings. The van der Waals surface area contributed by atoms with Crippen molar-refractivity contribution in [2.75, 3.05) is 5.32 Å². The molecule has 0 spiro atoms. The second-order valence-corrected chi connectivity index (χ2v) is 5.99. The molecule has 92 valence electrons. The molecule has 0 saturated carbocycles. The Labute approximate surface area is 115 Å². The van der Waals surface area contributed by atoms with Crippen molar-refractivity contribution in [3.63, 3.8) is 0 Å². The van der Waals surface area contributed by atoms with Crippen LogP contribution in [0.1, 0.15) is 20.8 Å². The van der Waals surface area contributed by atoms with Gasteiger partial charge in [0.25, 0.3) is 0 Å². The van der Waals surface area contributed by atoms with Crippen LogP contribution in [0, 0.1) is 5.41 Å². The Hall–Kier alpha value is -0.940. The SMILES string of the molecule is CC(C)(C)C(=O)NC(=S)Nc1ccc(Br)cc1. The van der Waals surface area contributed by atoms with E-state index in [2.05, 4.69) is 26.6 Å². The minimum atomic E-state index is -0.453. The molecule has 0 heterocycles. The number of halogens is 1. The zero-order valence-corrected chi connectivity index (χ0v) is 12.4. The Morgan fingerprint density at radius 3 is 2.24 bits per heavy atom. The largest absolute Gasteiger partial charge is 0.332 e. The highest BCUT2D eigenvalue weighted by molar-refractivity contribution is 9.10. The maximum atomic E-state index is 11.7. The van der Waals surface area contributed by atoms with Gasteiger partial charge in [-0.25, -0.2) is 0 Å². The van der Waals surface area contributed by atoms with Crippen molar-refractivity contribution in [3.8, 4) is 0 Å². The van der Waals surface area contributed by atoms with E-state index < -0.39 is 5.41 Å². The normalized spacial score (nSPS) is 10.8. The number of hydrogen-bond donors (Lipinski definition) is 2. The summed E-state index contributed by atoms with van der Waals surface area (Å²) in [6.45, 7) is 5.51. The van der Waals surface area contributed by atoms with Gasteiger partial charge < -0.3 is 10.6 Å². The van der Waals surface area contributed by atoms with E-state index in [4.69, 9.17) is 12.2 Å². The number of carbonyl (C=O) groups is 1. The van der Waals surface area contributed by atoms with Crippen molar-refractivity contribution in [2.45, 2.75) is 20.8 Å².